The highest BCUT2D eigenvalue weighted by atomic mass is 32.1. The number of rotatable bonds is 2. The van der Waals surface area contributed by atoms with Crippen LogP contribution in [0.25, 0.3) is 0 Å². The fourth-order valence-corrected chi connectivity index (χ4v) is 3.41. The molecule has 16 heavy (non-hydrogen) atoms. The topological polar surface area (TPSA) is 32.3 Å². The van der Waals surface area contributed by atoms with Crippen LogP contribution in [0.1, 0.15) is 18.4 Å². The van der Waals surface area contributed by atoms with Gasteiger partial charge in [0, 0.05) is 19.1 Å². The zero-order chi connectivity index (χ0) is 11.0. The predicted octanol–water partition coefficient (Wildman–Crippen LogP) is 1.46. The fraction of sp³-hybridized carbons (Fsp3) is 0.583. The molecular weight excluding hydrogens is 220 g/mol. The van der Waals surface area contributed by atoms with Crippen LogP contribution in [-0.2, 0) is 11.3 Å². The van der Waals surface area contributed by atoms with Crippen LogP contribution in [0.3, 0.4) is 0 Å². The largest absolute Gasteiger partial charge is 0.336 e. The molecule has 0 bridgehead atoms. The molecule has 4 heteroatoms. The fourth-order valence-electron chi connectivity index (χ4n) is 2.75. The van der Waals surface area contributed by atoms with Crippen molar-refractivity contribution >= 4 is 17.2 Å². The number of thiophene rings is 1. The number of nitrogens with zero attached hydrogens (tertiary/aromatic N) is 1. The molecule has 0 radical (unpaired) electrons. The van der Waals surface area contributed by atoms with E-state index < -0.39 is 0 Å². The predicted molar refractivity (Wildman–Crippen MR) is 64.3 cm³/mol. The van der Waals surface area contributed by atoms with E-state index in [9.17, 15) is 4.79 Å². The number of nitrogens with one attached hydrogen (secondary N) is 1. The Morgan fingerprint density at radius 3 is 3.25 bits per heavy atom. The summed E-state index contributed by atoms with van der Waals surface area (Å²) in [6.45, 7) is 2.75. The summed E-state index contributed by atoms with van der Waals surface area (Å²) in [5.41, 5.74) is 1.26. The van der Waals surface area contributed by atoms with Gasteiger partial charge in [-0.1, -0.05) is 0 Å². The Morgan fingerprint density at radius 2 is 2.50 bits per heavy atom. The van der Waals surface area contributed by atoms with E-state index in [4.69, 9.17) is 0 Å². The Bertz CT molecular complexity index is 376. The maximum absolute atomic E-state index is 12.2. The van der Waals surface area contributed by atoms with Crippen LogP contribution in [0, 0.1) is 5.92 Å². The van der Waals surface area contributed by atoms with E-state index in [0.29, 0.717) is 11.9 Å². The molecule has 1 aromatic heterocycles. The van der Waals surface area contributed by atoms with Crippen LogP contribution in [0.15, 0.2) is 16.8 Å². The van der Waals surface area contributed by atoms with Gasteiger partial charge in [0.25, 0.3) is 0 Å². The number of carbonyl (C=O) groups excluding carboxylic acids is 1. The highest BCUT2D eigenvalue weighted by Gasteiger charge is 2.41. The minimum absolute atomic E-state index is 0.243. The smallest absolute Gasteiger partial charge is 0.227 e. The van der Waals surface area contributed by atoms with Crippen molar-refractivity contribution in [1.82, 2.24) is 10.2 Å². The van der Waals surface area contributed by atoms with Gasteiger partial charge in [0.05, 0.1) is 5.92 Å². The molecule has 0 aromatic carbocycles. The third-order valence-corrected chi connectivity index (χ3v) is 4.32. The number of hydrogen-bond acceptors (Lipinski definition) is 3. The number of amides is 1. The number of fused-ring (bicyclic) bond motifs is 1. The Hall–Kier alpha value is -0.870. The first kappa shape index (κ1) is 10.3. The van der Waals surface area contributed by atoms with E-state index in [1.807, 2.05) is 4.90 Å². The van der Waals surface area contributed by atoms with Gasteiger partial charge in [-0.15, -0.1) is 0 Å². The van der Waals surface area contributed by atoms with Gasteiger partial charge < -0.3 is 10.2 Å². The van der Waals surface area contributed by atoms with Crippen molar-refractivity contribution in [2.24, 2.45) is 5.92 Å². The summed E-state index contributed by atoms with van der Waals surface area (Å²) in [4.78, 5) is 14.2. The van der Waals surface area contributed by atoms with Gasteiger partial charge in [0.1, 0.15) is 0 Å². The van der Waals surface area contributed by atoms with Crippen molar-refractivity contribution in [2.45, 2.75) is 25.4 Å². The summed E-state index contributed by atoms with van der Waals surface area (Å²) in [6.07, 6.45) is 2.20. The van der Waals surface area contributed by atoms with Crippen molar-refractivity contribution < 1.29 is 4.79 Å². The summed E-state index contributed by atoms with van der Waals surface area (Å²) in [6, 6.07) is 2.51. The molecular formula is C12H16N2OS. The lowest BCUT2D eigenvalue weighted by Gasteiger charge is -2.23. The van der Waals surface area contributed by atoms with E-state index >= 15 is 0 Å². The molecule has 3 nitrogen and oxygen atoms in total. The first-order valence-corrected chi connectivity index (χ1v) is 6.82. The van der Waals surface area contributed by atoms with E-state index in [1.54, 1.807) is 11.3 Å². The van der Waals surface area contributed by atoms with Crippen molar-refractivity contribution in [3.05, 3.63) is 22.4 Å². The molecule has 3 heterocycles. The summed E-state index contributed by atoms with van der Waals surface area (Å²) in [5.74, 6) is 0.593. The van der Waals surface area contributed by atoms with Crippen LogP contribution in [0.5, 0.6) is 0 Å². The molecule has 1 amide bonds. The van der Waals surface area contributed by atoms with Crippen molar-refractivity contribution in [1.29, 1.82) is 0 Å². The van der Waals surface area contributed by atoms with Gasteiger partial charge in [-0.2, -0.15) is 11.3 Å². The molecule has 3 rings (SSSR count). The van der Waals surface area contributed by atoms with Gasteiger partial charge >= 0.3 is 0 Å². The standard InChI is InChI=1S/C12H16N2OS/c15-12-10-2-1-4-13-11(10)7-14(12)6-9-3-5-16-8-9/h3,5,8,10-11,13H,1-2,4,6-7H2. The maximum atomic E-state index is 12.2. The lowest BCUT2D eigenvalue weighted by atomic mass is 9.94. The zero-order valence-corrected chi connectivity index (χ0v) is 10.0. The molecule has 2 unspecified atom stereocenters. The third kappa shape index (κ3) is 1.76. The molecule has 0 aliphatic carbocycles. The minimum atomic E-state index is 0.243. The van der Waals surface area contributed by atoms with Crippen LogP contribution in [0.4, 0.5) is 0 Å². The number of hydrogen-bond donors (Lipinski definition) is 1. The number of piperidine rings is 1. The zero-order valence-electron chi connectivity index (χ0n) is 9.19. The van der Waals surface area contributed by atoms with Gasteiger partial charge in [0.15, 0.2) is 0 Å². The highest BCUT2D eigenvalue weighted by Crippen LogP contribution is 2.27. The van der Waals surface area contributed by atoms with Crippen LogP contribution < -0.4 is 5.32 Å². The van der Waals surface area contributed by atoms with Crippen LogP contribution >= 0.6 is 11.3 Å². The van der Waals surface area contributed by atoms with Crippen molar-refractivity contribution in [2.75, 3.05) is 13.1 Å². The monoisotopic (exact) mass is 236 g/mol. The van der Waals surface area contributed by atoms with Gasteiger partial charge in [-0.05, 0) is 41.8 Å². The molecule has 2 aliphatic heterocycles. The molecule has 2 aliphatic rings. The second kappa shape index (κ2) is 4.18. The Morgan fingerprint density at radius 1 is 1.56 bits per heavy atom. The SMILES string of the molecule is O=C1C2CCCNC2CN1Cc1ccsc1. The molecule has 2 saturated heterocycles. The van der Waals surface area contributed by atoms with Crippen LogP contribution in [-0.4, -0.2) is 29.9 Å². The molecule has 1 aromatic rings. The minimum Gasteiger partial charge on any atom is -0.336 e. The number of carbonyl (C=O) groups is 1. The molecule has 0 spiro atoms. The van der Waals surface area contributed by atoms with Crippen molar-refractivity contribution in [3.63, 3.8) is 0 Å². The second-order valence-corrected chi connectivity index (χ2v) is 5.44. The quantitative estimate of drug-likeness (QED) is 0.843. The average molecular weight is 236 g/mol. The van der Waals surface area contributed by atoms with E-state index in [-0.39, 0.29) is 5.92 Å². The lowest BCUT2D eigenvalue weighted by molar-refractivity contribution is -0.131. The molecule has 86 valence electrons. The first-order valence-electron chi connectivity index (χ1n) is 5.88. The van der Waals surface area contributed by atoms with E-state index in [0.717, 1.165) is 32.5 Å². The summed E-state index contributed by atoms with van der Waals surface area (Å²) >= 11 is 1.70. The third-order valence-electron chi connectivity index (χ3n) is 3.58. The average Bonchev–Trinajstić information content (AvgIpc) is 2.90. The van der Waals surface area contributed by atoms with Gasteiger partial charge in [0.2, 0.25) is 5.91 Å². The van der Waals surface area contributed by atoms with Gasteiger partial charge in [-0.25, -0.2) is 0 Å². The second-order valence-electron chi connectivity index (χ2n) is 4.66. The molecule has 2 atom stereocenters. The first-order chi connectivity index (χ1) is 7.84. The lowest BCUT2D eigenvalue weighted by Crippen LogP contribution is -2.41. The normalized spacial score (nSPS) is 29.5. The summed E-state index contributed by atoms with van der Waals surface area (Å²) < 4.78 is 0. The van der Waals surface area contributed by atoms with E-state index in [1.165, 1.54) is 5.56 Å². The Balaban J connectivity index is 1.71. The summed E-state index contributed by atoms with van der Waals surface area (Å²) in [7, 11) is 0. The number of likely N-dealkylation sites (tertiary alicyclic amines) is 1. The molecule has 0 saturated carbocycles. The summed E-state index contributed by atoms with van der Waals surface area (Å²) in [5, 5.41) is 7.66. The highest BCUT2D eigenvalue weighted by molar-refractivity contribution is 7.07. The molecule has 1 N–H and O–H groups in total. The molecule has 2 fully saturated rings. The van der Waals surface area contributed by atoms with Crippen molar-refractivity contribution in [3.8, 4) is 0 Å². The van der Waals surface area contributed by atoms with Crippen LogP contribution in [0.2, 0.25) is 0 Å². The maximum Gasteiger partial charge on any atom is 0.227 e. The van der Waals surface area contributed by atoms with E-state index in [2.05, 4.69) is 22.1 Å². The Kier molecular flexibility index (Phi) is 2.69. The Labute approximate surface area is 99.5 Å². The van der Waals surface area contributed by atoms with Gasteiger partial charge in [-0.3, -0.25) is 4.79 Å².